The Labute approximate surface area is 132 Å². The number of nitrogens with one attached hydrogen (secondary N) is 1. The lowest BCUT2D eigenvalue weighted by Gasteiger charge is -2.02. The molecule has 0 amide bonds. The minimum absolute atomic E-state index is 0.220. The summed E-state index contributed by atoms with van der Waals surface area (Å²) in [4.78, 5) is 0. The van der Waals surface area contributed by atoms with E-state index in [2.05, 4.69) is 15.3 Å². The lowest BCUT2D eigenvalue weighted by atomic mass is 10.1. The molecule has 0 saturated carbocycles. The number of aryl methyl sites for hydroxylation is 1. The molecule has 0 bridgehead atoms. The number of H-pyrrole nitrogens is 1. The largest absolute Gasteiger partial charge is 0.508 e. The second-order valence-electron chi connectivity index (χ2n) is 4.87. The number of hydrogen-bond donors (Lipinski definition) is 2. The van der Waals surface area contributed by atoms with Gasteiger partial charge in [-0.1, -0.05) is 23.8 Å². The number of aromatic nitrogens is 3. The van der Waals surface area contributed by atoms with Crippen LogP contribution in [0.1, 0.15) is 11.1 Å². The predicted octanol–water partition coefficient (Wildman–Crippen LogP) is 3.50. The van der Waals surface area contributed by atoms with Crippen molar-refractivity contribution in [2.24, 2.45) is 5.10 Å². The topological polar surface area (TPSA) is 66.2 Å². The summed E-state index contributed by atoms with van der Waals surface area (Å²) in [7, 11) is 0. The van der Waals surface area contributed by atoms with Gasteiger partial charge in [0.2, 0.25) is 4.77 Å². The Kier molecular flexibility index (Phi) is 3.84. The summed E-state index contributed by atoms with van der Waals surface area (Å²) in [6, 6.07) is 14.7. The second-order valence-corrected chi connectivity index (χ2v) is 5.26. The van der Waals surface area contributed by atoms with E-state index in [0.717, 1.165) is 16.7 Å². The van der Waals surface area contributed by atoms with Gasteiger partial charge in [-0.25, -0.2) is 5.10 Å². The van der Waals surface area contributed by atoms with Gasteiger partial charge < -0.3 is 5.11 Å². The quantitative estimate of drug-likeness (QED) is 0.575. The molecule has 1 heterocycles. The van der Waals surface area contributed by atoms with Crippen molar-refractivity contribution in [1.82, 2.24) is 14.9 Å². The number of aromatic amines is 1. The third kappa shape index (κ3) is 2.96. The zero-order chi connectivity index (χ0) is 15.5. The number of phenolic OH excluding ortho intramolecular Hbond substituents is 1. The third-order valence-electron chi connectivity index (χ3n) is 3.14. The van der Waals surface area contributed by atoms with Gasteiger partial charge in [-0.05, 0) is 55.0 Å². The fraction of sp³-hybridized carbons (Fsp3) is 0.0625. The molecule has 0 unspecified atom stereocenters. The van der Waals surface area contributed by atoms with Gasteiger partial charge in [0.05, 0.1) is 6.21 Å². The maximum atomic E-state index is 9.29. The molecule has 0 aliphatic rings. The van der Waals surface area contributed by atoms with Gasteiger partial charge in [0.15, 0.2) is 5.82 Å². The van der Waals surface area contributed by atoms with E-state index < -0.39 is 0 Å². The molecular formula is C16H14N4OS. The molecule has 0 radical (unpaired) electrons. The van der Waals surface area contributed by atoms with Crippen LogP contribution in [-0.2, 0) is 0 Å². The van der Waals surface area contributed by atoms with E-state index in [1.54, 1.807) is 35.2 Å². The highest BCUT2D eigenvalue weighted by atomic mass is 32.1. The number of aromatic hydroxyl groups is 1. The summed E-state index contributed by atoms with van der Waals surface area (Å²) in [6.07, 6.45) is 1.67. The second kappa shape index (κ2) is 5.95. The minimum Gasteiger partial charge on any atom is -0.508 e. The molecule has 3 aromatic rings. The zero-order valence-corrected chi connectivity index (χ0v) is 12.7. The molecule has 0 saturated heterocycles. The molecule has 0 atom stereocenters. The number of hydrogen-bond acceptors (Lipinski definition) is 4. The molecule has 0 spiro atoms. The van der Waals surface area contributed by atoms with Crippen molar-refractivity contribution < 1.29 is 5.11 Å². The molecule has 2 N–H and O–H groups in total. The Balaban J connectivity index is 1.99. The summed E-state index contributed by atoms with van der Waals surface area (Å²) < 4.78 is 2.00. The van der Waals surface area contributed by atoms with Crippen LogP contribution in [0.3, 0.4) is 0 Å². The van der Waals surface area contributed by atoms with Crippen molar-refractivity contribution in [1.29, 1.82) is 0 Å². The first-order valence-corrected chi connectivity index (χ1v) is 7.12. The lowest BCUT2D eigenvalue weighted by Crippen LogP contribution is -1.95. The van der Waals surface area contributed by atoms with E-state index in [0.29, 0.717) is 10.6 Å². The fourth-order valence-electron chi connectivity index (χ4n) is 2.05. The predicted molar refractivity (Wildman–Crippen MR) is 88.7 cm³/mol. The van der Waals surface area contributed by atoms with E-state index in [9.17, 15) is 5.11 Å². The van der Waals surface area contributed by atoms with Crippen LogP contribution in [0.15, 0.2) is 53.6 Å². The Morgan fingerprint density at radius 1 is 1.23 bits per heavy atom. The number of phenols is 1. The number of nitrogens with zero attached hydrogens (tertiary/aromatic N) is 3. The summed E-state index contributed by atoms with van der Waals surface area (Å²) in [5.41, 5.74) is 2.94. The van der Waals surface area contributed by atoms with Gasteiger partial charge in [0.25, 0.3) is 0 Å². The molecule has 5 nitrogen and oxygen atoms in total. The molecule has 2 aromatic carbocycles. The Morgan fingerprint density at radius 3 is 2.73 bits per heavy atom. The molecule has 6 heteroatoms. The molecular weight excluding hydrogens is 296 g/mol. The van der Waals surface area contributed by atoms with Gasteiger partial charge in [0, 0.05) is 5.56 Å². The van der Waals surface area contributed by atoms with Crippen molar-refractivity contribution in [2.75, 3.05) is 0 Å². The molecule has 0 fully saturated rings. The van der Waals surface area contributed by atoms with Crippen molar-refractivity contribution >= 4 is 18.4 Å². The van der Waals surface area contributed by atoms with Crippen molar-refractivity contribution in [3.8, 4) is 17.1 Å². The van der Waals surface area contributed by atoms with E-state index in [1.807, 2.05) is 31.2 Å². The maximum Gasteiger partial charge on any atom is 0.216 e. The molecule has 0 aliphatic heterocycles. The third-order valence-corrected chi connectivity index (χ3v) is 3.41. The van der Waals surface area contributed by atoms with E-state index >= 15 is 0 Å². The van der Waals surface area contributed by atoms with Crippen LogP contribution >= 0.6 is 12.2 Å². The van der Waals surface area contributed by atoms with Crippen LogP contribution < -0.4 is 0 Å². The Morgan fingerprint density at radius 2 is 2.00 bits per heavy atom. The van der Waals surface area contributed by atoms with Gasteiger partial charge in [-0.15, -0.1) is 0 Å². The van der Waals surface area contributed by atoms with E-state index in [4.69, 9.17) is 12.2 Å². The maximum absolute atomic E-state index is 9.29. The van der Waals surface area contributed by atoms with Crippen LogP contribution in [0.4, 0.5) is 0 Å². The summed E-state index contributed by atoms with van der Waals surface area (Å²) >= 11 is 5.23. The smallest absolute Gasteiger partial charge is 0.216 e. The van der Waals surface area contributed by atoms with Crippen LogP contribution in [0, 0.1) is 11.7 Å². The molecule has 110 valence electrons. The average Bonchev–Trinajstić information content (AvgIpc) is 2.88. The standard InChI is InChI=1S/C16H14N4OS/c1-11-3-2-4-13(9-11)15-18-19-16(22)20(15)17-10-12-5-7-14(21)8-6-12/h2-10,21H,1H3,(H,19,22)/b17-10-. The SMILES string of the molecule is Cc1cccc(-c2n[nH]c(=S)n2/N=C\c2ccc(O)cc2)c1. The summed E-state index contributed by atoms with van der Waals surface area (Å²) in [5, 5.41) is 20.7. The van der Waals surface area contributed by atoms with Gasteiger partial charge in [0.1, 0.15) is 5.75 Å². The average molecular weight is 310 g/mol. The molecule has 0 aliphatic carbocycles. The molecule has 3 rings (SSSR count). The van der Waals surface area contributed by atoms with Gasteiger partial charge >= 0.3 is 0 Å². The van der Waals surface area contributed by atoms with Crippen LogP contribution in [0.5, 0.6) is 5.75 Å². The fourth-order valence-corrected chi connectivity index (χ4v) is 2.23. The van der Waals surface area contributed by atoms with Gasteiger partial charge in [-0.2, -0.15) is 14.9 Å². The van der Waals surface area contributed by atoms with Crippen molar-refractivity contribution in [2.45, 2.75) is 6.92 Å². The first kappa shape index (κ1) is 14.2. The van der Waals surface area contributed by atoms with Gasteiger partial charge in [-0.3, -0.25) is 0 Å². The van der Waals surface area contributed by atoms with E-state index in [-0.39, 0.29) is 5.75 Å². The van der Waals surface area contributed by atoms with Crippen LogP contribution in [0.2, 0.25) is 0 Å². The Bertz CT molecular complexity index is 878. The van der Waals surface area contributed by atoms with E-state index in [1.165, 1.54) is 0 Å². The van der Waals surface area contributed by atoms with Crippen LogP contribution in [0.25, 0.3) is 11.4 Å². The minimum atomic E-state index is 0.220. The monoisotopic (exact) mass is 310 g/mol. The molecule has 22 heavy (non-hydrogen) atoms. The Hall–Kier alpha value is -2.73. The van der Waals surface area contributed by atoms with Crippen molar-refractivity contribution in [3.05, 3.63) is 64.4 Å². The summed E-state index contributed by atoms with van der Waals surface area (Å²) in [5.74, 6) is 0.876. The first-order valence-electron chi connectivity index (χ1n) is 6.71. The molecule has 1 aromatic heterocycles. The van der Waals surface area contributed by atoms with Crippen molar-refractivity contribution in [3.63, 3.8) is 0 Å². The van der Waals surface area contributed by atoms with Crippen LogP contribution in [-0.4, -0.2) is 26.2 Å². The highest BCUT2D eigenvalue weighted by Gasteiger charge is 2.07. The highest BCUT2D eigenvalue weighted by Crippen LogP contribution is 2.18. The zero-order valence-electron chi connectivity index (χ0n) is 11.9. The number of rotatable bonds is 3. The normalized spacial score (nSPS) is 11.1. The first-order chi connectivity index (χ1) is 10.6. The highest BCUT2D eigenvalue weighted by molar-refractivity contribution is 7.71. The lowest BCUT2D eigenvalue weighted by molar-refractivity contribution is 0.475. The summed E-state index contributed by atoms with van der Waals surface area (Å²) in [6.45, 7) is 2.02. The number of benzene rings is 2.